The summed E-state index contributed by atoms with van der Waals surface area (Å²) in [7, 11) is 0. The van der Waals surface area contributed by atoms with E-state index in [1.165, 1.54) is 6.07 Å². The maximum atomic E-state index is 12.0. The van der Waals surface area contributed by atoms with Crippen LogP contribution in [0.5, 0.6) is 11.5 Å². The first-order valence-electron chi connectivity index (χ1n) is 9.60. The molecule has 0 atom stereocenters. The number of rotatable bonds is 11. The molecule has 0 saturated heterocycles. The van der Waals surface area contributed by atoms with Gasteiger partial charge in [-0.2, -0.15) is 0 Å². The maximum Gasteiger partial charge on any atom is 0.340 e. The van der Waals surface area contributed by atoms with Gasteiger partial charge in [-0.25, -0.2) is 4.79 Å². The lowest BCUT2D eigenvalue weighted by molar-refractivity contribution is -0.147. The van der Waals surface area contributed by atoms with Gasteiger partial charge in [0, 0.05) is 0 Å². The van der Waals surface area contributed by atoms with E-state index in [-0.39, 0.29) is 30.9 Å². The highest BCUT2D eigenvalue weighted by Crippen LogP contribution is 2.18. The van der Waals surface area contributed by atoms with Crippen molar-refractivity contribution in [1.29, 1.82) is 0 Å². The number of esters is 2. The van der Waals surface area contributed by atoms with E-state index in [0.717, 1.165) is 5.75 Å². The Bertz CT molecular complexity index is 849. The molecule has 0 unspecified atom stereocenters. The molecule has 30 heavy (non-hydrogen) atoms. The number of carbonyl (C=O) groups excluding carboxylic acids is 3. The Morgan fingerprint density at radius 3 is 2.17 bits per heavy atom. The smallest absolute Gasteiger partial charge is 0.340 e. The van der Waals surface area contributed by atoms with Crippen LogP contribution in [0.15, 0.2) is 48.5 Å². The van der Waals surface area contributed by atoms with Crippen LogP contribution >= 0.6 is 0 Å². The summed E-state index contributed by atoms with van der Waals surface area (Å²) >= 11 is 0. The highest BCUT2D eigenvalue weighted by Gasteiger charge is 2.15. The lowest BCUT2D eigenvalue weighted by Gasteiger charge is -2.11. The van der Waals surface area contributed by atoms with Crippen molar-refractivity contribution in [2.75, 3.05) is 31.7 Å². The van der Waals surface area contributed by atoms with Gasteiger partial charge in [0.2, 0.25) is 0 Å². The van der Waals surface area contributed by atoms with Gasteiger partial charge in [0.1, 0.15) is 11.5 Å². The van der Waals surface area contributed by atoms with Crippen LogP contribution in [0.2, 0.25) is 0 Å². The van der Waals surface area contributed by atoms with E-state index in [1.54, 1.807) is 49.4 Å². The van der Waals surface area contributed by atoms with Gasteiger partial charge in [-0.15, -0.1) is 0 Å². The average molecular weight is 415 g/mol. The summed E-state index contributed by atoms with van der Waals surface area (Å²) < 4.78 is 20.7. The van der Waals surface area contributed by atoms with Crippen molar-refractivity contribution in [2.24, 2.45) is 0 Å². The van der Waals surface area contributed by atoms with Crippen molar-refractivity contribution in [3.8, 4) is 11.5 Å². The van der Waals surface area contributed by atoms with Gasteiger partial charge in [-0.1, -0.05) is 12.1 Å². The molecule has 0 radical (unpaired) electrons. The predicted octanol–water partition coefficient (Wildman–Crippen LogP) is 3.21. The zero-order valence-electron chi connectivity index (χ0n) is 17.0. The molecule has 0 bridgehead atoms. The lowest BCUT2D eigenvalue weighted by Crippen LogP contribution is -2.23. The molecular weight excluding hydrogens is 390 g/mol. The highest BCUT2D eigenvalue weighted by molar-refractivity contribution is 6.01. The van der Waals surface area contributed by atoms with Crippen LogP contribution in [0.1, 0.15) is 30.6 Å². The first-order valence-corrected chi connectivity index (χ1v) is 9.60. The number of benzene rings is 2. The number of carbonyl (C=O) groups is 3. The fraction of sp³-hybridized carbons (Fsp3) is 0.318. The number of anilines is 1. The minimum absolute atomic E-state index is 0.0140. The average Bonchev–Trinajstić information content (AvgIpc) is 2.74. The van der Waals surface area contributed by atoms with Crippen molar-refractivity contribution in [3.63, 3.8) is 0 Å². The molecule has 0 spiro atoms. The number of amides is 1. The Kier molecular flexibility index (Phi) is 9.18. The summed E-state index contributed by atoms with van der Waals surface area (Å²) in [6.07, 6.45) is -0.0140. The van der Waals surface area contributed by atoms with Crippen LogP contribution in [-0.4, -0.2) is 44.3 Å². The highest BCUT2D eigenvalue weighted by atomic mass is 16.5. The van der Waals surface area contributed by atoms with Crippen molar-refractivity contribution in [2.45, 2.75) is 20.3 Å². The minimum atomic E-state index is -0.574. The Morgan fingerprint density at radius 1 is 0.833 bits per heavy atom. The second-order valence-electron chi connectivity index (χ2n) is 5.98. The van der Waals surface area contributed by atoms with Crippen LogP contribution in [0.4, 0.5) is 5.69 Å². The number of nitrogens with one attached hydrogen (secondary N) is 1. The van der Waals surface area contributed by atoms with Gasteiger partial charge in [0.05, 0.1) is 37.5 Å². The second-order valence-corrected chi connectivity index (χ2v) is 5.98. The third-order valence-electron chi connectivity index (χ3n) is 3.77. The molecule has 160 valence electrons. The molecule has 0 aliphatic heterocycles. The molecular formula is C22H25NO7. The van der Waals surface area contributed by atoms with Crippen molar-refractivity contribution < 1.29 is 33.3 Å². The first-order chi connectivity index (χ1) is 14.5. The van der Waals surface area contributed by atoms with Crippen molar-refractivity contribution >= 4 is 23.5 Å². The lowest BCUT2D eigenvalue weighted by atomic mass is 10.2. The van der Waals surface area contributed by atoms with E-state index < -0.39 is 24.5 Å². The Labute approximate surface area is 175 Å². The van der Waals surface area contributed by atoms with Crippen LogP contribution in [0.25, 0.3) is 0 Å². The fourth-order valence-electron chi connectivity index (χ4n) is 2.43. The quantitative estimate of drug-likeness (QED) is 0.563. The summed E-state index contributed by atoms with van der Waals surface area (Å²) in [5.74, 6) is -0.349. The molecule has 0 aliphatic rings. The molecule has 0 saturated carbocycles. The molecule has 2 aromatic rings. The van der Waals surface area contributed by atoms with Gasteiger partial charge >= 0.3 is 11.9 Å². The number of para-hydroxylation sites is 1. The summed E-state index contributed by atoms with van der Waals surface area (Å²) in [6, 6.07) is 13.5. The van der Waals surface area contributed by atoms with Gasteiger partial charge in [-0.05, 0) is 50.2 Å². The predicted molar refractivity (Wildman–Crippen MR) is 110 cm³/mol. The number of hydrogen-bond donors (Lipinski definition) is 1. The normalized spacial score (nSPS) is 10.1. The van der Waals surface area contributed by atoms with E-state index in [2.05, 4.69) is 5.32 Å². The Morgan fingerprint density at radius 2 is 1.50 bits per heavy atom. The molecule has 1 amide bonds. The van der Waals surface area contributed by atoms with Gasteiger partial charge in [0.25, 0.3) is 5.91 Å². The molecule has 0 fully saturated rings. The number of hydrogen-bond acceptors (Lipinski definition) is 7. The molecule has 8 nitrogen and oxygen atoms in total. The van der Waals surface area contributed by atoms with E-state index in [1.807, 2.05) is 6.92 Å². The van der Waals surface area contributed by atoms with E-state index in [9.17, 15) is 14.4 Å². The zero-order valence-corrected chi connectivity index (χ0v) is 17.0. The van der Waals surface area contributed by atoms with Gasteiger partial charge < -0.3 is 24.3 Å². The molecule has 8 heteroatoms. The molecule has 2 rings (SSSR count). The molecule has 1 N–H and O–H groups in total. The largest absolute Gasteiger partial charge is 0.494 e. The first kappa shape index (κ1) is 22.7. The molecule has 2 aromatic carbocycles. The summed E-state index contributed by atoms with van der Waals surface area (Å²) in [5.41, 5.74) is 0.513. The van der Waals surface area contributed by atoms with E-state index >= 15 is 0 Å². The second kappa shape index (κ2) is 12.1. The number of ether oxygens (including phenoxy) is 4. The summed E-state index contributed by atoms with van der Waals surface area (Å²) in [5, 5.41) is 2.54. The van der Waals surface area contributed by atoms with Crippen molar-refractivity contribution in [1.82, 2.24) is 0 Å². The van der Waals surface area contributed by atoms with Gasteiger partial charge in [0.15, 0.2) is 6.61 Å². The monoisotopic (exact) mass is 415 g/mol. The van der Waals surface area contributed by atoms with Crippen LogP contribution < -0.4 is 14.8 Å². The molecule has 0 heterocycles. The van der Waals surface area contributed by atoms with Crippen molar-refractivity contribution in [3.05, 3.63) is 54.1 Å². The molecule has 0 aliphatic carbocycles. The SMILES string of the molecule is CCOC(=O)c1ccccc1NC(=O)COC(=O)CCOc1ccc(OCC)cc1. The third-order valence-corrected chi connectivity index (χ3v) is 3.77. The van der Waals surface area contributed by atoms with E-state index in [0.29, 0.717) is 12.4 Å². The standard InChI is InChI=1S/C22H25NO7/c1-3-27-16-9-11-17(12-10-16)29-14-13-21(25)30-15-20(24)23-19-8-6-5-7-18(19)22(26)28-4-2/h5-12H,3-4,13-15H2,1-2H3,(H,23,24). The maximum absolute atomic E-state index is 12.0. The minimum Gasteiger partial charge on any atom is -0.494 e. The van der Waals surface area contributed by atoms with Crippen LogP contribution in [0.3, 0.4) is 0 Å². The van der Waals surface area contributed by atoms with Crippen LogP contribution in [0, 0.1) is 0 Å². The summed E-state index contributed by atoms with van der Waals surface area (Å²) in [6.45, 7) is 4.03. The third kappa shape index (κ3) is 7.46. The van der Waals surface area contributed by atoms with Gasteiger partial charge in [-0.3, -0.25) is 9.59 Å². The Balaban J connectivity index is 1.73. The summed E-state index contributed by atoms with van der Waals surface area (Å²) in [4.78, 5) is 35.8. The van der Waals surface area contributed by atoms with Crippen LogP contribution in [-0.2, 0) is 19.1 Å². The van der Waals surface area contributed by atoms with E-state index in [4.69, 9.17) is 18.9 Å². The molecule has 0 aromatic heterocycles. The fourth-order valence-corrected chi connectivity index (χ4v) is 2.43. The topological polar surface area (TPSA) is 100 Å². The Hall–Kier alpha value is -3.55. The zero-order chi connectivity index (χ0) is 21.8.